The number of phenolic OH excluding ortho intramolecular Hbond substituents is 1. The summed E-state index contributed by atoms with van der Waals surface area (Å²) in [6.45, 7) is 2.05. The molecule has 0 radical (unpaired) electrons. The highest BCUT2D eigenvalue weighted by molar-refractivity contribution is 6.35. The number of likely N-dealkylation sites (tertiary alicyclic amines) is 1. The number of phenols is 1. The fourth-order valence-corrected chi connectivity index (χ4v) is 4.42. The van der Waals surface area contributed by atoms with Crippen LogP contribution < -0.4 is 11.1 Å². The number of nitrogen functional groups attached to an aromatic ring is 1. The summed E-state index contributed by atoms with van der Waals surface area (Å²) >= 11 is 12.1. The van der Waals surface area contributed by atoms with Crippen LogP contribution in [0.4, 0.5) is 11.5 Å². The van der Waals surface area contributed by atoms with Crippen molar-refractivity contribution in [1.29, 1.82) is 0 Å². The number of aryl methyl sites for hydroxylation is 1. The lowest BCUT2D eigenvalue weighted by molar-refractivity contribution is 0.102. The highest BCUT2D eigenvalue weighted by Crippen LogP contribution is 2.35. The summed E-state index contributed by atoms with van der Waals surface area (Å²) in [7, 11) is 1.82. The number of anilines is 2. The smallest absolute Gasteiger partial charge is 0.259 e. The van der Waals surface area contributed by atoms with Gasteiger partial charge in [0.25, 0.3) is 5.91 Å². The highest BCUT2D eigenvalue weighted by atomic mass is 35.5. The van der Waals surface area contributed by atoms with Gasteiger partial charge in [-0.1, -0.05) is 23.2 Å². The molecule has 0 unspecified atom stereocenters. The van der Waals surface area contributed by atoms with Gasteiger partial charge in [-0.25, -0.2) is 4.98 Å². The average Bonchev–Trinajstić information content (AvgIpc) is 3.32. The Bertz CT molecular complexity index is 1130. The quantitative estimate of drug-likeness (QED) is 0.535. The van der Waals surface area contributed by atoms with E-state index < -0.39 is 0 Å². The molecule has 0 spiro atoms. The molecule has 1 saturated heterocycles. The van der Waals surface area contributed by atoms with Gasteiger partial charge in [0.1, 0.15) is 11.6 Å². The highest BCUT2D eigenvalue weighted by Gasteiger charge is 2.29. The van der Waals surface area contributed by atoms with Gasteiger partial charge < -0.3 is 16.2 Å². The van der Waals surface area contributed by atoms with Gasteiger partial charge in [-0.15, -0.1) is 0 Å². The minimum atomic E-state index is -0.326. The number of aromatic nitrogens is 3. The molecule has 4 rings (SSSR count). The summed E-state index contributed by atoms with van der Waals surface area (Å²) in [6, 6.07) is 6.54. The molecule has 10 heteroatoms. The first-order valence-electron chi connectivity index (χ1n) is 9.76. The molecule has 0 saturated carbocycles. The van der Waals surface area contributed by atoms with Crippen LogP contribution in [0.5, 0.6) is 5.75 Å². The summed E-state index contributed by atoms with van der Waals surface area (Å²) in [6.07, 6.45) is 4.19. The van der Waals surface area contributed by atoms with Crippen LogP contribution in [-0.4, -0.2) is 43.8 Å². The van der Waals surface area contributed by atoms with Gasteiger partial charge in [0.05, 0.1) is 22.0 Å². The number of carbonyl (C=O) groups excluding carboxylic acids is 1. The van der Waals surface area contributed by atoms with E-state index >= 15 is 0 Å². The lowest BCUT2D eigenvalue weighted by atomic mass is 10.0. The van der Waals surface area contributed by atoms with Crippen molar-refractivity contribution in [2.75, 3.05) is 24.1 Å². The Morgan fingerprint density at radius 3 is 2.97 bits per heavy atom. The maximum atomic E-state index is 12.7. The molecule has 8 nitrogen and oxygen atoms in total. The molecule has 1 aliphatic rings. The molecule has 3 heterocycles. The normalized spacial score (nSPS) is 16.5. The van der Waals surface area contributed by atoms with Crippen molar-refractivity contribution < 1.29 is 9.90 Å². The number of rotatable bonds is 5. The van der Waals surface area contributed by atoms with E-state index in [0.717, 1.165) is 25.2 Å². The van der Waals surface area contributed by atoms with Crippen LogP contribution in [0.1, 0.15) is 34.0 Å². The molecule has 0 aliphatic carbocycles. The van der Waals surface area contributed by atoms with Crippen LogP contribution in [0, 0.1) is 0 Å². The van der Waals surface area contributed by atoms with E-state index in [4.69, 9.17) is 28.9 Å². The molecule has 1 aromatic carbocycles. The number of aromatic hydroxyl groups is 1. The van der Waals surface area contributed by atoms with Crippen LogP contribution in [0.15, 0.2) is 36.7 Å². The van der Waals surface area contributed by atoms with Gasteiger partial charge in [-0.05, 0) is 37.2 Å². The number of hydrogen-bond acceptors (Lipinski definition) is 6. The molecule has 1 aliphatic heterocycles. The Labute approximate surface area is 189 Å². The number of pyridine rings is 1. The van der Waals surface area contributed by atoms with Crippen LogP contribution in [0.2, 0.25) is 10.0 Å². The Hall–Kier alpha value is -2.81. The summed E-state index contributed by atoms with van der Waals surface area (Å²) < 4.78 is 1.68. The molecule has 1 fully saturated rings. The zero-order valence-corrected chi connectivity index (χ0v) is 18.4. The first-order valence-corrected chi connectivity index (χ1v) is 10.5. The predicted octanol–water partition coefficient (Wildman–Crippen LogP) is 3.65. The predicted molar refractivity (Wildman–Crippen MR) is 121 cm³/mol. The molecule has 3 aromatic rings. The third-order valence-electron chi connectivity index (χ3n) is 5.35. The number of amides is 1. The van der Waals surface area contributed by atoms with E-state index in [1.54, 1.807) is 35.3 Å². The lowest BCUT2D eigenvalue weighted by Gasteiger charge is -2.17. The van der Waals surface area contributed by atoms with Gasteiger partial charge in [0.15, 0.2) is 0 Å². The van der Waals surface area contributed by atoms with Crippen molar-refractivity contribution >= 4 is 40.6 Å². The second-order valence-corrected chi connectivity index (χ2v) is 8.45. The van der Waals surface area contributed by atoms with Crippen molar-refractivity contribution in [2.45, 2.75) is 18.9 Å². The van der Waals surface area contributed by atoms with Crippen molar-refractivity contribution in [2.24, 2.45) is 7.05 Å². The molecule has 0 bridgehead atoms. The molecule has 1 amide bonds. The van der Waals surface area contributed by atoms with Crippen LogP contribution in [-0.2, 0) is 13.6 Å². The SMILES string of the molecule is Cn1cc(NC(=O)c2cccnc2N)c([C@@H]2CCN(Cc3cc(Cl)cc(Cl)c3O)C2)n1. The third kappa shape index (κ3) is 4.61. The third-order valence-corrected chi connectivity index (χ3v) is 5.86. The van der Waals surface area contributed by atoms with Crippen molar-refractivity contribution in [3.05, 3.63) is 63.5 Å². The van der Waals surface area contributed by atoms with Gasteiger partial charge in [-0.2, -0.15) is 5.10 Å². The van der Waals surface area contributed by atoms with E-state index in [2.05, 4.69) is 20.3 Å². The second-order valence-electron chi connectivity index (χ2n) is 7.61. The lowest BCUT2D eigenvalue weighted by Crippen LogP contribution is -2.20. The van der Waals surface area contributed by atoms with Crippen molar-refractivity contribution in [3.63, 3.8) is 0 Å². The van der Waals surface area contributed by atoms with E-state index in [-0.39, 0.29) is 28.4 Å². The van der Waals surface area contributed by atoms with Crippen LogP contribution in [0.25, 0.3) is 0 Å². The first-order chi connectivity index (χ1) is 14.8. The van der Waals surface area contributed by atoms with Gasteiger partial charge in [0.2, 0.25) is 0 Å². The van der Waals surface area contributed by atoms with Gasteiger partial charge >= 0.3 is 0 Å². The Kier molecular flexibility index (Phi) is 6.04. The fraction of sp³-hybridized carbons (Fsp3) is 0.286. The number of nitrogens with one attached hydrogen (secondary N) is 1. The molecule has 162 valence electrons. The number of carbonyl (C=O) groups is 1. The fourth-order valence-electron chi connectivity index (χ4n) is 3.88. The zero-order valence-electron chi connectivity index (χ0n) is 16.8. The van der Waals surface area contributed by atoms with E-state index in [1.165, 1.54) is 6.07 Å². The number of halogens is 2. The van der Waals surface area contributed by atoms with E-state index in [1.807, 2.05) is 7.05 Å². The molecule has 2 aromatic heterocycles. The maximum absolute atomic E-state index is 12.7. The monoisotopic (exact) mass is 460 g/mol. The topological polar surface area (TPSA) is 109 Å². The number of nitrogens with two attached hydrogens (primary N) is 1. The van der Waals surface area contributed by atoms with Gasteiger partial charge in [-0.3, -0.25) is 14.4 Å². The molecule has 4 N–H and O–H groups in total. The number of hydrogen-bond donors (Lipinski definition) is 3. The Balaban J connectivity index is 1.49. The zero-order chi connectivity index (χ0) is 22.1. The Morgan fingerprint density at radius 2 is 2.19 bits per heavy atom. The maximum Gasteiger partial charge on any atom is 0.259 e. The van der Waals surface area contributed by atoms with Crippen molar-refractivity contribution in [3.8, 4) is 5.75 Å². The summed E-state index contributed by atoms with van der Waals surface area (Å²) in [4.78, 5) is 18.9. The van der Waals surface area contributed by atoms with Crippen LogP contribution >= 0.6 is 23.2 Å². The summed E-state index contributed by atoms with van der Waals surface area (Å²) in [5.41, 5.74) is 8.29. The summed E-state index contributed by atoms with van der Waals surface area (Å²) in [5.74, 6) is 0.0274. The van der Waals surface area contributed by atoms with E-state index in [9.17, 15) is 9.90 Å². The average molecular weight is 461 g/mol. The minimum Gasteiger partial charge on any atom is -0.506 e. The molecular weight excluding hydrogens is 439 g/mol. The van der Waals surface area contributed by atoms with Gasteiger partial charge in [0, 0.05) is 49.0 Å². The largest absolute Gasteiger partial charge is 0.506 e. The van der Waals surface area contributed by atoms with E-state index in [0.29, 0.717) is 28.4 Å². The van der Waals surface area contributed by atoms with Crippen LogP contribution in [0.3, 0.4) is 0 Å². The first kappa shape index (κ1) is 21.4. The summed E-state index contributed by atoms with van der Waals surface area (Å²) in [5, 5.41) is 18.5. The minimum absolute atomic E-state index is 0.0503. The van der Waals surface area contributed by atoms with Crippen molar-refractivity contribution in [1.82, 2.24) is 19.7 Å². The number of benzene rings is 1. The Morgan fingerprint density at radius 1 is 1.39 bits per heavy atom. The molecule has 1 atom stereocenters. The number of nitrogens with zero attached hydrogens (tertiary/aromatic N) is 4. The standard InChI is InChI=1S/C21H22Cl2N6O2/c1-28-11-17(26-21(31)15-3-2-5-25-20(15)24)18(27-28)12-4-6-29(9-12)10-13-7-14(22)8-16(23)19(13)30/h2-3,5,7-8,11-12,30H,4,6,9-10H2,1H3,(H2,24,25)(H,26,31)/t12-/m1/s1. The second kappa shape index (κ2) is 8.74. The molecular formula is C21H22Cl2N6O2. The molecule has 31 heavy (non-hydrogen) atoms.